The highest BCUT2D eigenvalue weighted by molar-refractivity contribution is 5.77. The molecule has 2 aromatic rings. The van der Waals surface area contributed by atoms with Crippen molar-refractivity contribution < 1.29 is 19.0 Å². The van der Waals surface area contributed by atoms with Crippen molar-refractivity contribution in [2.75, 3.05) is 26.9 Å². The summed E-state index contributed by atoms with van der Waals surface area (Å²) in [5.74, 6) is 1.33. The van der Waals surface area contributed by atoms with E-state index in [1.54, 1.807) is 7.11 Å². The number of benzene rings is 2. The number of hydrogen-bond donors (Lipinski definition) is 2. The fraction of sp³-hybridized carbons (Fsp3) is 0.409. The molecule has 1 aliphatic rings. The van der Waals surface area contributed by atoms with Gasteiger partial charge in [-0.15, -0.1) is 0 Å². The molecule has 3 rings (SSSR count). The molecule has 2 atom stereocenters. The van der Waals surface area contributed by atoms with Gasteiger partial charge in [-0.2, -0.15) is 0 Å². The molecule has 2 N–H and O–H groups in total. The molecule has 0 spiro atoms. The number of hydrogen-bond acceptors (Lipinski definition) is 5. The molecule has 0 radical (unpaired) electrons. The van der Waals surface area contributed by atoms with Crippen molar-refractivity contribution in [3.63, 3.8) is 0 Å². The van der Waals surface area contributed by atoms with Crippen LogP contribution < -0.4 is 20.1 Å². The Morgan fingerprint density at radius 2 is 2.07 bits per heavy atom. The van der Waals surface area contributed by atoms with E-state index in [0.717, 1.165) is 17.7 Å². The van der Waals surface area contributed by atoms with Gasteiger partial charge in [-0.25, -0.2) is 0 Å². The quantitative estimate of drug-likeness (QED) is 0.733. The van der Waals surface area contributed by atoms with Crippen LogP contribution in [-0.2, 0) is 16.1 Å². The Labute approximate surface area is 166 Å². The summed E-state index contributed by atoms with van der Waals surface area (Å²) in [6.07, 6.45) is 0.403. The molecule has 0 saturated carbocycles. The topological polar surface area (TPSA) is 68.8 Å². The molecule has 2 unspecified atom stereocenters. The van der Waals surface area contributed by atoms with E-state index in [-0.39, 0.29) is 18.0 Å². The maximum absolute atomic E-state index is 12.3. The predicted molar refractivity (Wildman–Crippen MR) is 108 cm³/mol. The molecule has 0 aliphatic carbocycles. The molecule has 1 saturated heterocycles. The molecule has 2 aromatic carbocycles. The first-order valence-corrected chi connectivity index (χ1v) is 9.61. The lowest BCUT2D eigenvalue weighted by Crippen LogP contribution is -2.44. The monoisotopic (exact) mass is 384 g/mol. The maximum Gasteiger partial charge on any atom is 0.222 e. The fourth-order valence-corrected chi connectivity index (χ4v) is 3.17. The summed E-state index contributed by atoms with van der Waals surface area (Å²) >= 11 is 0. The zero-order chi connectivity index (χ0) is 19.8. The van der Waals surface area contributed by atoms with Crippen LogP contribution in [0.1, 0.15) is 30.5 Å². The van der Waals surface area contributed by atoms with E-state index in [0.29, 0.717) is 37.7 Å². The fourth-order valence-electron chi connectivity index (χ4n) is 3.17. The van der Waals surface area contributed by atoms with E-state index in [4.69, 9.17) is 14.2 Å². The highest BCUT2D eigenvalue weighted by Crippen LogP contribution is 2.31. The van der Waals surface area contributed by atoms with Crippen molar-refractivity contribution in [3.8, 4) is 11.5 Å². The first-order chi connectivity index (χ1) is 13.7. The van der Waals surface area contributed by atoms with E-state index < -0.39 is 0 Å². The second kappa shape index (κ2) is 10.1. The summed E-state index contributed by atoms with van der Waals surface area (Å²) in [5.41, 5.74) is 2.06. The minimum absolute atomic E-state index is 0.00105. The summed E-state index contributed by atoms with van der Waals surface area (Å²) in [5, 5.41) is 6.34. The van der Waals surface area contributed by atoms with Crippen molar-refractivity contribution in [2.45, 2.75) is 32.0 Å². The van der Waals surface area contributed by atoms with Crippen LogP contribution in [0.15, 0.2) is 48.5 Å². The Bertz CT molecular complexity index is 760. The van der Waals surface area contributed by atoms with Crippen LogP contribution in [0.3, 0.4) is 0 Å². The van der Waals surface area contributed by atoms with Crippen molar-refractivity contribution in [1.29, 1.82) is 0 Å². The number of nitrogens with one attached hydrogen (secondary N) is 2. The third kappa shape index (κ3) is 5.71. The Balaban J connectivity index is 1.57. The summed E-state index contributed by atoms with van der Waals surface area (Å²) in [7, 11) is 1.62. The molecule has 6 nitrogen and oxygen atoms in total. The smallest absolute Gasteiger partial charge is 0.222 e. The SMILES string of the molecule is COc1cc(C(C)NC(=O)CC2COCCN2)ccc1OCc1ccccc1. The van der Waals surface area contributed by atoms with Gasteiger partial charge >= 0.3 is 0 Å². The normalized spacial score (nSPS) is 17.6. The van der Waals surface area contributed by atoms with E-state index in [2.05, 4.69) is 10.6 Å². The minimum Gasteiger partial charge on any atom is -0.493 e. The number of morpholine rings is 1. The van der Waals surface area contributed by atoms with Gasteiger partial charge in [-0.05, 0) is 30.2 Å². The summed E-state index contributed by atoms with van der Waals surface area (Å²) in [4.78, 5) is 12.3. The molecule has 0 bridgehead atoms. The van der Waals surface area contributed by atoms with E-state index in [9.17, 15) is 4.79 Å². The van der Waals surface area contributed by atoms with Gasteiger partial charge in [-0.1, -0.05) is 36.4 Å². The van der Waals surface area contributed by atoms with Gasteiger partial charge in [0.05, 0.1) is 26.4 Å². The maximum atomic E-state index is 12.3. The molecule has 6 heteroatoms. The molecule has 1 amide bonds. The van der Waals surface area contributed by atoms with Gasteiger partial charge in [0.25, 0.3) is 0 Å². The van der Waals surface area contributed by atoms with Crippen LogP contribution >= 0.6 is 0 Å². The summed E-state index contributed by atoms with van der Waals surface area (Å²) < 4.78 is 16.8. The molecular formula is C22H28N2O4. The standard InChI is InChI=1S/C22H28N2O4/c1-16(24-22(25)13-19-15-27-11-10-23-19)18-8-9-20(21(12-18)26-2)28-14-17-6-4-3-5-7-17/h3-9,12,16,19,23H,10-11,13-15H2,1-2H3,(H,24,25). The van der Waals surface area contributed by atoms with Crippen molar-refractivity contribution in [3.05, 3.63) is 59.7 Å². The Morgan fingerprint density at radius 3 is 2.79 bits per heavy atom. The largest absolute Gasteiger partial charge is 0.493 e. The number of amides is 1. The van der Waals surface area contributed by atoms with Crippen LogP contribution in [0, 0.1) is 0 Å². The van der Waals surface area contributed by atoms with Gasteiger partial charge in [0.1, 0.15) is 6.61 Å². The van der Waals surface area contributed by atoms with Gasteiger partial charge in [0, 0.05) is 19.0 Å². The number of carbonyl (C=O) groups excluding carboxylic acids is 1. The van der Waals surface area contributed by atoms with Crippen LogP contribution in [0.4, 0.5) is 0 Å². The number of ether oxygens (including phenoxy) is 3. The highest BCUT2D eigenvalue weighted by atomic mass is 16.5. The second-order valence-electron chi connectivity index (χ2n) is 6.90. The average molecular weight is 384 g/mol. The van der Waals surface area contributed by atoms with Crippen LogP contribution in [-0.4, -0.2) is 38.8 Å². The van der Waals surface area contributed by atoms with E-state index in [1.807, 2.05) is 55.5 Å². The summed E-state index contributed by atoms with van der Waals surface area (Å²) in [6, 6.07) is 15.7. The van der Waals surface area contributed by atoms with Crippen LogP contribution in [0.2, 0.25) is 0 Å². The molecule has 28 heavy (non-hydrogen) atoms. The van der Waals surface area contributed by atoms with E-state index >= 15 is 0 Å². The number of rotatable bonds is 8. The van der Waals surface area contributed by atoms with Crippen molar-refractivity contribution >= 4 is 5.91 Å². The minimum atomic E-state index is -0.130. The Kier molecular flexibility index (Phi) is 7.28. The third-order valence-corrected chi connectivity index (χ3v) is 4.73. The lowest BCUT2D eigenvalue weighted by molar-refractivity contribution is -0.122. The molecule has 1 fully saturated rings. The predicted octanol–water partition coefficient (Wildman–Crippen LogP) is 2.83. The Morgan fingerprint density at radius 1 is 1.25 bits per heavy atom. The first kappa shape index (κ1) is 20.2. The lowest BCUT2D eigenvalue weighted by Gasteiger charge is -2.24. The molecule has 0 aromatic heterocycles. The van der Waals surface area contributed by atoms with Crippen molar-refractivity contribution in [1.82, 2.24) is 10.6 Å². The van der Waals surface area contributed by atoms with Crippen LogP contribution in [0.25, 0.3) is 0 Å². The molecule has 1 aliphatic heterocycles. The zero-order valence-corrected chi connectivity index (χ0v) is 16.4. The van der Waals surface area contributed by atoms with Gasteiger partial charge in [0.15, 0.2) is 11.5 Å². The number of carbonyl (C=O) groups is 1. The van der Waals surface area contributed by atoms with E-state index in [1.165, 1.54) is 0 Å². The van der Waals surface area contributed by atoms with Crippen molar-refractivity contribution in [2.24, 2.45) is 0 Å². The lowest BCUT2D eigenvalue weighted by atomic mass is 10.1. The first-order valence-electron chi connectivity index (χ1n) is 9.61. The van der Waals surface area contributed by atoms with Gasteiger partial charge < -0.3 is 24.8 Å². The van der Waals surface area contributed by atoms with Crippen LogP contribution in [0.5, 0.6) is 11.5 Å². The van der Waals surface area contributed by atoms with Gasteiger partial charge in [-0.3, -0.25) is 4.79 Å². The zero-order valence-electron chi connectivity index (χ0n) is 16.4. The Hall–Kier alpha value is -2.57. The van der Waals surface area contributed by atoms with Gasteiger partial charge in [0.2, 0.25) is 5.91 Å². The third-order valence-electron chi connectivity index (χ3n) is 4.73. The highest BCUT2D eigenvalue weighted by Gasteiger charge is 2.19. The number of methoxy groups -OCH3 is 1. The average Bonchev–Trinajstić information content (AvgIpc) is 2.73. The second-order valence-corrected chi connectivity index (χ2v) is 6.90. The molecular weight excluding hydrogens is 356 g/mol. The molecule has 150 valence electrons. The molecule has 1 heterocycles. The summed E-state index contributed by atoms with van der Waals surface area (Å²) in [6.45, 7) is 4.49.